The Labute approximate surface area is 147 Å². The van der Waals surface area contributed by atoms with E-state index in [4.69, 9.17) is 5.11 Å². The van der Waals surface area contributed by atoms with Crippen LogP contribution in [0, 0.1) is 0 Å². The molecular formula is C17H21N3O4S. The van der Waals surface area contributed by atoms with Crippen LogP contribution in [0.4, 0.5) is 0 Å². The molecule has 1 fully saturated rings. The molecule has 0 spiro atoms. The van der Waals surface area contributed by atoms with E-state index in [0.717, 1.165) is 25.2 Å². The van der Waals surface area contributed by atoms with Crippen molar-refractivity contribution in [3.63, 3.8) is 0 Å². The first-order valence-electron chi connectivity index (χ1n) is 8.28. The summed E-state index contributed by atoms with van der Waals surface area (Å²) in [7, 11) is -3.73. The summed E-state index contributed by atoms with van der Waals surface area (Å²) in [6.45, 7) is 3.61. The number of hydrogen-bond donors (Lipinski definition) is 1. The molecule has 1 saturated heterocycles. The van der Waals surface area contributed by atoms with Gasteiger partial charge in [-0.1, -0.05) is 6.07 Å². The van der Waals surface area contributed by atoms with Crippen LogP contribution in [0.15, 0.2) is 41.6 Å². The fourth-order valence-electron chi connectivity index (χ4n) is 3.26. The lowest BCUT2D eigenvalue weighted by Gasteiger charge is -2.31. The topological polar surface area (TPSA) is 92.5 Å². The van der Waals surface area contributed by atoms with E-state index in [-0.39, 0.29) is 16.4 Å². The predicted molar refractivity (Wildman–Crippen MR) is 92.0 cm³/mol. The summed E-state index contributed by atoms with van der Waals surface area (Å²) in [5.74, 6) is -0.193. The quantitative estimate of drug-likeness (QED) is 0.879. The number of aromatic carboxylic acids is 1. The first-order valence-corrected chi connectivity index (χ1v) is 9.72. The molecule has 0 radical (unpaired) electrons. The molecule has 134 valence electrons. The van der Waals surface area contributed by atoms with Crippen molar-refractivity contribution >= 4 is 16.0 Å². The van der Waals surface area contributed by atoms with Crippen molar-refractivity contribution in [2.24, 2.45) is 0 Å². The minimum atomic E-state index is -3.73. The minimum absolute atomic E-state index is 0.0203. The largest absolute Gasteiger partial charge is 0.478 e. The highest BCUT2D eigenvalue weighted by molar-refractivity contribution is 7.89. The summed E-state index contributed by atoms with van der Waals surface area (Å²) in [4.78, 5) is 15.5. The van der Waals surface area contributed by atoms with Crippen LogP contribution in [-0.4, -0.2) is 46.4 Å². The molecule has 0 saturated carbocycles. The molecular weight excluding hydrogens is 342 g/mol. The molecule has 0 aliphatic carbocycles. The van der Waals surface area contributed by atoms with E-state index in [1.807, 2.05) is 17.7 Å². The first-order chi connectivity index (χ1) is 11.9. The van der Waals surface area contributed by atoms with Crippen molar-refractivity contribution < 1.29 is 18.3 Å². The van der Waals surface area contributed by atoms with Crippen LogP contribution in [0.25, 0.3) is 0 Å². The van der Waals surface area contributed by atoms with E-state index in [1.54, 1.807) is 6.20 Å². The third-order valence-corrected chi connectivity index (χ3v) is 6.42. The van der Waals surface area contributed by atoms with Crippen LogP contribution in [0.2, 0.25) is 0 Å². The number of carboxylic acids is 1. The number of imidazole rings is 1. The van der Waals surface area contributed by atoms with Crippen LogP contribution in [0.5, 0.6) is 0 Å². The van der Waals surface area contributed by atoms with Crippen molar-refractivity contribution in [1.82, 2.24) is 13.9 Å². The monoisotopic (exact) mass is 363 g/mol. The maximum Gasteiger partial charge on any atom is 0.335 e. The van der Waals surface area contributed by atoms with Crippen molar-refractivity contribution in [2.75, 3.05) is 13.1 Å². The van der Waals surface area contributed by atoms with Gasteiger partial charge in [0.05, 0.1) is 10.5 Å². The van der Waals surface area contributed by atoms with Gasteiger partial charge in [-0.2, -0.15) is 4.31 Å². The zero-order valence-corrected chi connectivity index (χ0v) is 14.8. The molecule has 0 amide bonds. The Hall–Kier alpha value is -2.19. The molecule has 3 rings (SSSR count). The van der Waals surface area contributed by atoms with Crippen LogP contribution in [0.3, 0.4) is 0 Å². The normalized spacial score (nSPS) is 19.0. The van der Waals surface area contributed by atoms with Gasteiger partial charge in [-0.25, -0.2) is 18.2 Å². The van der Waals surface area contributed by atoms with E-state index in [0.29, 0.717) is 13.1 Å². The molecule has 1 aromatic carbocycles. The highest BCUT2D eigenvalue weighted by atomic mass is 32.2. The van der Waals surface area contributed by atoms with E-state index in [9.17, 15) is 13.2 Å². The molecule has 0 unspecified atom stereocenters. The third-order valence-electron chi connectivity index (χ3n) is 4.56. The molecule has 1 atom stereocenters. The van der Waals surface area contributed by atoms with Crippen LogP contribution in [-0.2, 0) is 16.6 Å². The van der Waals surface area contributed by atoms with Gasteiger partial charge in [0.25, 0.3) is 0 Å². The van der Waals surface area contributed by atoms with E-state index >= 15 is 0 Å². The Morgan fingerprint density at radius 2 is 2.20 bits per heavy atom. The lowest BCUT2D eigenvalue weighted by atomic mass is 9.99. The Morgan fingerprint density at radius 3 is 2.92 bits per heavy atom. The SMILES string of the molecule is CCn1ccnc1[C@H]1CCCN(S(=O)(=O)c2cccc(C(=O)O)c2)C1. The van der Waals surface area contributed by atoms with Crippen molar-refractivity contribution in [3.8, 4) is 0 Å². The predicted octanol–water partition coefficient (Wildman–Crippen LogP) is 2.17. The van der Waals surface area contributed by atoms with Gasteiger partial charge in [0.15, 0.2) is 0 Å². The smallest absolute Gasteiger partial charge is 0.335 e. The first kappa shape index (κ1) is 17.6. The van der Waals surface area contributed by atoms with Gasteiger partial charge in [0.1, 0.15) is 5.82 Å². The molecule has 1 aromatic heterocycles. The van der Waals surface area contributed by atoms with Gasteiger partial charge in [-0.05, 0) is 38.0 Å². The number of nitrogens with zero attached hydrogens (tertiary/aromatic N) is 3. The Kier molecular flexibility index (Phi) is 4.91. The summed E-state index contributed by atoms with van der Waals surface area (Å²) in [6.07, 6.45) is 5.28. The van der Waals surface area contributed by atoms with Crippen LogP contribution >= 0.6 is 0 Å². The molecule has 8 heteroatoms. The standard InChI is InChI=1S/C17H21N3O4S/c1-2-19-10-8-18-16(19)14-6-4-9-20(12-14)25(23,24)15-7-3-5-13(11-15)17(21)22/h3,5,7-8,10-11,14H,2,4,6,9,12H2,1H3,(H,21,22)/t14-/m0/s1. The van der Waals surface area contributed by atoms with Gasteiger partial charge in [-0.3, -0.25) is 0 Å². The molecule has 1 aliphatic rings. The average molecular weight is 363 g/mol. The van der Waals surface area contributed by atoms with Gasteiger partial charge in [-0.15, -0.1) is 0 Å². The summed E-state index contributed by atoms with van der Waals surface area (Å²) in [6, 6.07) is 5.51. The zero-order chi connectivity index (χ0) is 18.0. The number of carbonyl (C=O) groups is 1. The average Bonchev–Trinajstić information content (AvgIpc) is 3.10. The summed E-state index contributed by atoms with van der Waals surface area (Å²) < 4.78 is 29.3. The summed E-state index contributed by atoms with van der Waals surface area (Å²) >= 11 is 0. The fraction of sp³-hybridized carbons (Fsp3) is 0.412. The molecule has 25 heavy (non-hydrogen) atoms. The van der Waals surface area contributed by atoms with E-state index in [2.05, 4.69) is 4.98 Å². The zero-order valence-electron chi connectivity index (χ0n) is 14.0. The number of sulfonamides is 1. The van der Waals surface area contributed by atoms with Gasteiger partial charge in [0, 0.05) is 37.9 Å². The Morgan fingerprint density at radius 1 is 1.40 bits per heavy atom. The highest BCUT2D eigenvalue weighted by Crippen LogP contribution is 2.29. The highest BCUT2D eigenvalue weighted by Gasteiger charge is 2.32. The maximum atomic E-state index is 12.9. The molecule has 2 aromatic rings. The third kappa shape index (κ3) is 3.45. The lowest BCUT2D eigenvalue weighted by Crippen LogP contribution is -2.39. The van der Waals surface area contributed by atoms with Crippen molar-refractivity contribution in [2.45, 2.75) is 37.1 Å². The molecule has 2 heterocycles. The number of hydrogen-bond acceptors (Lipinski definition) is 4. The fourth-order valence-corrected chi connectivity index (χ4v) is 4.83. The molecule has 7 nitrogen and oxygen atoms in total. The van der Waals surface area contributed by atoms with Crippen LogP contribution < -0.4 is 0 Å². The second-order valence-electron chi connectivity index (χ2n) is 6.11. The van der Waals surface area contributed by atoms with Gasteiger partial charge in [0.2, 0.25) is 10.0 Å². The second kappa shape index (κ2) is 6.97. The molecule has 0 bridgehead atoms. The van der Waals surface area contributed by atoms with Crippen LogP contribution in [0.1, 0.15) is 41.9 Å². The number of piperidine rings is 1. The molecule has 1 aliphatic heterocycles. The van der Waals surface area contributed by atoms with Gasteiger partial charge < -0.3 is 9.67 Å². The lowest BCUT2D eigenvalue weighted by molar-refractivity contribution is 0.0696. The number of carboxylic acid groups (broad SMARTS) is 1. The van der Waals surface area contributed by atoms with E-state index < -0.39 is 16.0 Å². The number of aryl methyl sites for hydroxylation is 1. The number of rotatable bonds is 5. The van der Waals surface area contributed by atoms with Crippen molar-refractivity contribution in [1.29, 1.82) is 0 Å². The second-order valence-corrected chi connectivity index (χ2v) is 8.04. The van der Waals surface area contributed by atoms with E-state index in [1.165, 1.54) is 28.6 Å². The van der Waals surface area contributed by atoms with Gasteiger partial charge >= 0.3 is 5.97 Å². The summed E-state index contributed by atoms with van der Waals surface area (Å²) in [5, 5.41) is 9.09. The van der Waals surface area contributed by atoms with Crippen molar-refractivity contribution in [3.05, 3.63) is 48.0 Å². The number of aromatic nitrogens is 2. The number of benzene rings is 1. The summed E-state index contributed by atoms with van der Waals surface area (Å²) in [5.41, 5.74) is -0.0313. The maximum absolute atomic E-state index is 12.9. The minimum Gasteiger partial charge on any atom is -0.478 e. The Bertz CT molecular complexity index is 876. The Balaban J connectivity index is 1.87. The molecule has 1 N–H and O–H groups in total.